The number of morpholine rings is 1. The third kappa shape index (κ3) is 4.61. The van der Waals surface area contributed by atoms with Crippen molar-refractivity contribution in [3.05, 3.63) is 69.6 Å². The number of benzene rings is 2. The lowest BCUT2D eigenvalue weighted by Crippen LogP contribution is -2.40. The van der Waals surface area contributed by atoms with E-state index in [1.165, 1.54) is 16.9 Å². The van der Waals surface area contributed by atoms with Crippen LogP contribution in [0.2, 0.25) is 0 Å². The average molecular weight is 478 g/mol. The summed E-state index contributed by atoms with van der Waals surface area (Å²) in [6.45, 7) is 8.68. The van der Waals surface area contributed by atoms with Gasteiger partial charge in [-0.3, -0.25) is 14.6 Å². The van der Waals surface area contributed by atoms with Crippen molar-refractivity contribution in [2.75, 3.05) is 44.3 Å². The summed E-state index contributed by atoms with van der Waals surface area (Å²) in [4.78, 5) is 35.2. The van der Waals surface area contributed by atoms with Crippen LogP contribution in [0.5, 0.6) is 0 Å². The maximum Gasteiger partial charge on any atom is 0.349 e. The molecule has 7 nitrogen and oxygen atoms in total. The molecule has 1 aliphatic rings. The Morgan fingerprint density at radius 1 is 1.12 bits per heavy atom. The normalized spacial score (nSPS) is 14.6. The van der Waals surface area contributed by atoms with Crippen molar-refractivity contribution in [1.29, 1.82) is 0 Å². The summed E-state index contributed by atoms with van der Waals surface area (Å²) < 4.78 is 11.9. The number of carbonyl (C=O) groups excluding carboxylic acids is 1. The molecule has 2 aromatic carbocycles. The van der Waals surface area contributed by atoms with Gasteiger partial charge in [0.2, 0.25) is 0 Å². The number of para-hydroxylation sites is 1. The minimum absolute atomic E-state index is 0.0247. The van der Waals surface area contributed by atoms with Crippen molar-refractivity contribution in [1.82, 2.24) is 9.88 Å². The summed E-state index contributed by atoms with van der Waals surface area (Å²) in [7, 11) is 0. The maximum atomic E-state index is 13.7. The first kappa shape index (κ1) is 22.7. The molecule has 0 spiro atoms. The van der Waals surface area contributed by atoms with Gasteiger partial charge in [-0.2, -0.15) is 0 Å². The van der Waals surface area contributed by atoms with E-state index in [0.29, 0.717) is 22.6 Å². The van der Waals surface area contributed by atoms with E-state index in [4.69, 9.17) is 14.1 Å². The van der Waals surface area contributed by atoms with Crippen LogP contribution in [0.15, 0.2) is 51.7 Å². The number of aromatic nitrogens is 1. The zero-order valence-electron chi connectivity index (χ0n) is 19.4. The monoisotopic (exact) mass is 477 g/mol. The van der Waals surface area contributed by atoms with E-state index in [1.54, 1.807) is 23.1 Å². The predicted molar refractivity (Wildman–Crippen MR) is 135 cm³/mol. The zero-order valence-corrected chi connectivity index (χ0v) is 20.2. The number of aryl methyl sites for hydroxylation is 2. The lowest BCUT2D eigenvalue weighted by Gasteiger charge is -2.27. The first-order valence-electron chi connectivity index (χ1n) is 11.5. The van der Waals surface area contributed by atoms with Gasteiger partial charge in [0.1, 0.15) is 11.1 Å². The van der Waals surface area contributed by atoms with Gasteiger partial charge in [0, 0.05) is 31.6 Å². The second-order valence-corrected chi connectivity index (χ2v) is 9.66. The highest BCUT2D eigenvalue weighted by Gasteiger charge is 2.25. The molecule has 0 radical (unpaired) electrons. The van der Waals surface area contributed by atoms with Crippen molar-refractivity contribution in [3.63, 3.8) is 0 Å². The fraction of sp³-hybridized carbons (Fsp3) is 0.346. The second kappa shape index (κ2) is 9.66. The molecular weight excluding hydrogens is 450 g/mol. The topological polar surface area (TPSA) is 75.9 Å². The highest BCUT2D eigenvalue weighted by atomic mass is 32.1. The Balaban J connectivity index is 1.48. The highest BCUT2D eigenvalue weighted by Crippen LogP contribution is 2.32. The van der Waals surface area contributed by atoms with Crippen molar-refractivity contribution in [2.24, 2.45) is 0 Å². The van der Waals surface area contributed by atoms with Crippen LogP contribution >= 0.6 is 11.3 Å². The van der Waals surface area contributed by atoms with Crippen molar-refractivity contribution < 1.29 is 13.9 Å². The molecule has 1 aliphatic heterocycles. The van der Waals surface area contributed by atoms with Crippen LogP contribution in [0.4, 0.5) is 5.13 Å². The molecule has 5 rings (SSSR count). The van der Waals surface area contributed by atoms with Crippen LogP contribution in [0, 0.1) is 13.8 Å². The third-order valence-electron chi connectivity index (χ3n) is 6.30. The van der Waals surface area contributed by atoms with E-state index >= 15 is 0 Å². The Labute approximate surface area is 201 Å². The Bertz CT molecular complexity index is 1370. The number of hydrogen-bond donors (Lipinski definition) is 0. The molecule has 0 aliphatic carbocycles. The summed E-state index contributed by atoms with van der Waals surface area (Å²) in [5.74, 6) is -0.381. The van der Waals surface area contributed by atoms with E-state index in [9.17, 15) is 9.59 Å². The number of amides is 1. The molecule has 0 N–H and O–H groups in total. The number of anilines is 1. The minimum Gasteiger partial charge on any atom is -0.422 e. The molecule has 34 heavy (non-hydrogen) atoms. The molecular formula is C26H27N3O4S. The minimum atomic E-state index is -0.630. The molecule has 2 aromatic heterocycles. The van der Waals surface area contributed by atoms with Crippen LogP contribution < -0.4 is 10.5 Å². The van der Waals surface area contributed by atoms with Crippen LogP contribution in [-0.2, 0) is 4.74 Å². The molecule has 0 saturated carbocycles. The van der Waals surface area contributed by atoms with Crippen molar-refractivity contribution >= 4 is 43.6 Å². The second-order valence-electron chi connectivity index (χ2n) is 8.65. The molecule has 0 bridgehead atoms. The highest BCUT2D eigenvalue weighted by molar-refractivity contribution is 7.22. The summed E-state index contributed by atoms with van der Waals surface area (Å²) in [6.07, 6.45) is 0.763. The molecule has 1 saturated heterocycles. The van der Waals surface area contributed by atoms with Crippen molar-refractivity contribution in [2.45, 2.75) is 20.3 Å². The maximum absolute atomic E-state index is 13.7. The number of rotatable bonds is 6. The number of fused-ring (bicyclic) bond motifs is 2. The van der Waals surface area contributed by atoms with E-state index in [0.717, 1.165) is 55.0 Å². The molecule has 8 heteroatoms. The molecule has 3 heterocycles. The molecule has 0 unspecified atom stereocenters. The van der Waals surface area contributed by atoms with E-state index in [2.05, 4.69) is 24.8 Å². The third-order valence-corrected chi connectivity index (χ3v) is 7.34. The largest absolute Gasteiger partial charge is 0.422 e. The quantitative estimate of drug-likeness (QED) is 0.384. The standard InChI is InChI=1S/C26H27N3O4S/c1-17-14-21-23(15-18(17)2)34-26(27-21)29(9-5-8-28-10-12-32-13-11-28)24(30)20-16-19-6-3-4-7-22(19)33-25(20)31/h3-4,6-7,14-16H,5,8-13H2,1-2H3. The SMILES string of the molecule is Cc1cc2nc(N(CCCN3CCOCC3)C(=O)c3cc4ccccc4oc3=O)sc2cc1C. The Morgan fingerprint density at radius 3 is 2.71 bits per heavy atom. The zero-order chi connectivity index (χ0) is 23.7. The number of nitrogens with zero attached hydrogens (tertiary/aromatic N) is 3. The van der Waals surface area contributed by atoms with Crippen LogP contribution in [0.1, 0.15) is 27.9 Å². The number of thiazole rings is 1. The lowest BCUT2D eigenvalue weighted by atomic mass is 10.1. The smallest absolute Gasteiger partial charge is 0.349 e. The average Bonchev–Trinajstić information content (AvgIpc) is 3.24. The van der Waals surface area contributed by atoms with Gasteiger partial charge in [-0.05, 0) is 55.7 Å². The van der Waals surface area contributed by atoms with Gasteiger partial charge in [0.25, 0.3) is 5.91 Å². The van der Waals surface area contributed by atoms with Gasteiger partial charge in [-0.1, -0.05) is 29.5 Å². The van der Waals surface area contributed by atoms with Crippen molar-refractivity contribution in [3.8, 4) is 0 Å². The lowest BCUT2D eigenvalue weighted by molar-refractivity contribution is 0.0376. The first-order chi connectivity index (χ1) is 16.5. The Kier molecular flexibility index (Phi) is 6.45. The van der Waals surface area contributed by atoms with Gasteiger partial charge >= 0.3 is 5.63 Å². The van der Waals surface area contributed by atoms with Gasteiger partial charge in [-0.25, -0.2) is 9.78 Å². The molecule has 1 fully saturated rings. The Morgan fingerprint density at radius 2 is 1.88 bits per heavy atom. The summed E-state index contributed by atoms with van der Waals surface area (Å²) in [5, 5.41) is 1.31. The number of ether oxygens (including phenoxy) is 1. The Hall–Kier alpha value is -3.07. The summed E-state index contributed by atoms with van der Waals surface area (Å²) in [6, 6.07) is 13.0. The fourth-order valence-electron chi connectivity index (χ4n) is 4.20. The summed E-state index contributed by atoms with van der Waals surface area (Å²) >= 11 is 1.47. The molecule has 176 valence electrons. The van der Waals surface area contributed by atoms with Gasteiger partial charge in [-0.15, -0.1) is 0 Å². The summed E-state index contributed by atoms with van der Waals surface area (Å²) in [5.41, 5.74) is 3.06. The van der Waals surface area contributed by atoms with E-state index in [-0.39, 0.29) is 11.5 Å². The van der Waals surface area contributed by atoms with Crippen LogP contribution in [0.3, 0.4) is 0 Å². The molecule has 0 atom stereocenters. The molecule has 4 aromatic rings. The van der Waals surface area contributed by atoms with Gasteiger partial charge < -0.3 is 9.15 Å². The fourth-order valence-corrected chi connectivity index (χ4v) is 5.27. The number of hydrogen-bond acceptors (Lipinski definition) is 7. The van der Waals surface area contributed by atoms with E-state index < -0.39 is 5.63 Å². The number of carbonyl (C=O) groups is 1. The first-order valence-corrected chi connectivity index (χ1v) is 12.3. The van der Waals surface area contributed by atoms with Crippen LogP contribution in [0.25, 0.3) is 21.2 Å². The van der Waals surface area contributed by atoms with E-state index in [1.807, 2.05) is 18.2 Å². The van der Waals surface area contributed by atoms with Gasteiger partial charge in [0.15, 0.2) is 5.13 Å². The van der Waals surface area contributed by atoms with Gasteiger partial charge in [0.05, 0.1) is 23.4 Å². The molecule has 1 amide bonds. The van der Waals surface area contributed by atoms with Crippen LogP contribution in [-0.4, -0.2) is 55.2 Å². The predicted octanol–water partition coefficient (Wildman–Crippen LogP) is 4.39.